The van der Waals surface area contributed by atoms with Gasteiger partial charge in [0.2, 0.25) is 0 Å². The average Bonchev–Trinajstić information content (AvgIpc) is 2.15. The molecule has 0 aromatic heterocycles. The lowest BCUT2D eigenvalue weighted by Gasteiger charge is -2.30. The van der Waals surface area contributed by atoms with E-state index in [2.05, 4.69) is 24.1 Å². The van der Waals surface area contributed by atoms with Crippen LogP contribution in [0.2, 0.25) is 0 Å². The molecule has 2 unspecified atom stereocenters. The van der Waals surface area contributed by atoms with Crippen LogP contribution in [0.4, 0.5) is 0 Å². The number of piperidine rings is 1. The van der Waals surface area contributed by atoms with Gasteiger partial charge in [0.05, 0.1) is 0 Å². The van der Waals surface area contributed by atoms with Gasteiger partial charge in [-0.05, 0) is 38.3 Å². The molecular formula is C11H21N. The second kappa shape index (κ2) is 5.22. The molecule has 1 fully saturated rings. The summed E-state index contributed by atoms with van der Waals surface area (Å²) in [6, 6.07) is 0. The van der Waals surface area contributed by atoms with Gasteiger partial charge in [-0.15, -0.1) is 11.8 Å². The van der Waals surface area contributed by atoms with Crippen molar-refractivity contribution in [1.29, 1.82) is 0 Å². The molecule has 1 saturated heterocycles. The Kier molecular flexibility index (Phi) is 4.18. The van der Waals surface area contributed by atoms with E-state index < -0.39 is 0 Å². The lowest BCUT2D eigenvalue weighted by molar-refractivity contribution is 0.252. The molecular weight excluding hydrogens is 146 g/mol. The van der Waals surface area contributed by atoms with Crippen LogP contribution in [0.15, 0.2) is 0 Å². The summed E-state index contributed by atoms with van der Waals surface area (Å²) >= 11 is 0. The van der Waals surface area contributed by atoms with Gasteiger partial charge >= 0.3 is 0 Å². The van der Waals surface area contributed by atoms with Crippen LogP contribution in [-0.4, -0.2) is 13.1 Å². The summed E-state index contributed by atoms with van der Waals surface area (Å²) in [5, 5.41) is 3.44. The van der Waals surface area contributed by atoms with Crippen molar-refractivity contribution in [2.75, 3.05) is 13.1 Å². The van der Waals surface area contributed by atoms with Gasteiger partial charge in [-0.1, -0.05) is 13.3 Å². The van der Waals surface area contributed by atoms with E-state index >= 15 is 0 Å². The minimum absolute atomic E-state index is 0. The molecule has 0 aliphatic carbocycles. The topological polar surface area (TPSA) is 12.0 Å². The van der Waals surface area contributed by atoms with E-state index in [1.165, 1.54) is 25.9 Å². The summed E-state index contributed by atoms with van der Waals surface area (Å²) in [5.74, 6) is 7.91. The zero-order chi connectivity index (χ0) is 8.81. The van der Waals surface area contributed by atoms with Gasteiger partial charge in [0, 0.05) is 7.85 Å². The summed E-state index contributed by atoms with van der Waals surface area (Å²) in [5.41, 5.74) is 0. The van der Waals surface area contributed by atoms with E-state index in [1.807, 2.05) is 6.92 Å². The molecule has 1 nitrogen and oxygen atoms in total. The lowest BCUT2D eigenvalue weighted by atomic mass is 9.83. The lowest BCUT2D eigenvalue weighted by Crippen LogP contribution is -2.36. The largest absolute Gasteiger partial charge is 0.316 e. The van der Waals surface area contributed by atoms with E-state index in [9.17, 15) is 0 Å². The smallest absolute Gasteiger partial charge is 0.0120 e. The third-order valence-corrected chi connectivity index (χ3v) is 2.83. The standard InChI is InChI=1S/C11H19N.H2/c1-3-5-6-11-7-8-12-9-10(11)4-2;/h10-12H,4,6-9H2,1-2H3;1H. The molecule has 0 aromatic rings. The van der Waals surface area contributed by atoms with E-state index in [-0.39, 0.29) is 1.43 Å². The van der Waals surface area contributed by atoms with Crippen LogP contribution in [0.1, 0.15) is 34.5 Å². The molecule has 2 atom stereocenters. The average molecular weight is 167 g/mol. The van der Waals surface area contributed by atoms with Crippen molar-refractivity contribution in [2.24, 2.45) is 11.8 Å². The summed E-state index contributed by atoms with van der Waals surface area (Å²) in [6.07, 6.45) is 3.72. The van der Waals surface area contributed by atoms with Crippen molar-refractivity contribution in [3.63, 3.8) is 0 Å². The van der Waals surface area contributed by atoms with Crippen molar-refractivity contribution in [3.05, 3.63) is 0 Å². The van der Waals surface area contributed by atoms with Crippen LogP contribution in [-0.2, 0) is 0 Å². The number of rotatable bonds is 2. The second-order valence-electron chi connectivity index (χ2n) is 3.55. The molecule has 1 N–H and O–H groups in total. The fraction of sp³-hybridized carbons (Fsp3) is 0.818. The summed E-state index contributed by atoms with van der Waals surface area (Å²) in [4.78, 5) is 0. The van der Waals surface area contributed by atoms with Crippen LogP contribution in [0, 0.1) is 23.7 Å². The first-order valence-corrected chi connectivity index (χ1v) is 4.98. The monoisotopic (exact) mass is 167 g/mol. The minimum Gasteiger partial charge on any atom is -0.316 e. The maximum atomic E-state index is 3.44. The maximum Gasteiger partial charge on any atom is 0.0120 e. The molecule has 0 aromatic carbocycles. The van der Waals surface area contributed by atoms with Crippen LogP contribution in [0.3, 0.4) is 0 Å². The Morgan fingerprint density at radius 2 is 2.33 bits per heavy atom. The third-order valence-electron chi connectivity index (χ3n) is 2.83. The highest BCUT2D eigenvalue weighted by Crippen LogP contribution is 2.24. The number of hydrogen-bond donors (Lipinski definition) is 1. The molecule has 0 amide bonds. The first-order valence-electron chi connectivity index (χ1n) is 4.98. The molecule has 0 radical (unpaired) electrons. The van der Waals surface area contributed by atoms with Gasteiger partial charge in [0.1, 0.15) is 0 Å². The number of hydrogen-bond acceptors (Lipinski definition) is 1. The zero-order valence-corrected chi connectivity index (χ0v) is 8.19. The quantitative estimate of drug-likeness (QED) is 0.622. The van der Waals surface area contributed by atoms with Gasteiger partial charge < -0.3 is 5.32 Å². The van der Waals surface area contributed by atoms with E-state index in [0.29, 0.717) is 0 Å². The fourth-order valence-electron chi connectivity index (χ4n) is 1.96. The van der Waals surface area contributed by atoms with Crippen molar-refractivity contribution in [2.45, 2.75) is 33.1 Å². The Bertz CT molecular complexity index is 180. The molecule has 1 rings (SSSR count). The van der Waals surface area contributed by atoms with E-state index in [4.69, 9.17) is 0 Å². The summed E-state index contributed by atoms with van der Waals surface area (Å²) in [7, 11) is 0. The van der Waals surface area contributed by atoms with Gasteiger partial charge in [-0.3, -0.25) is 0 Å². The second-order valence-corrected chi connectivity index (χ2v) is 3.55. The van der Waals surface area contributed by atoms with Crippen LogP contribution >= 0.6 is 0 Å². The fourth-order valence-corrected chi connectivity index (χ4v) is 1.96. The van der Waals surface area contributed by atoms with Crippen molar-refractivity contribution >= 4 is 0 Å². The predicted molar refractivity (Wildman–Crippen MR) is 54.9 cm³/mol. The van der Waals surface area contributed by atoms with Crippen molar-refractivity contribution < 1.29 is 1.43 Å². The Labute approximate surface area is 77.4 Å². The van der Waals surface area contributed by atoms with E-state index in [0.717, 1.165) is 18.3 Å². The minimum atomic E-state index is 0. The molecule has 70 valence electrons. The molecule has 12 heavy (non-hydrogen) atoms. The van der Waals surface area contributed by atoms with Gasteiger partial charge in [-0.2, -0.15) is 0 Å². The molecule has 1 aliphatic heterocycles. The molecule has 0 bridgehead atoms. The Hall–Kier alpha value is -0.480. The van der Waals surface area contributed by atoms with Crippen molar-refractivity contribution in [3.8, 4) is 11.8 Å². The van der Waals surface area contributed by atoms with Crippen LogP contribution in [0.5, 0.6) is 0 Å². The van der Waals surface area contributed by atoms with Crippen LogP contribution < -0.4 is 5.32 Å². The highest BCUT2D eigenvalue weighted by Gasteiger charge is 2.21. The number of nitrogens with one attached hydrogen (secondary N) is 1. The molecule has 1 heterocycles. The van der Waals surface area contributed by atoms with Crippen molar-refractivity contribution in [1.82, 2.24) is 5.32 Å². The Morgan fingerprint density at radius 3 is 3.00 bits per heavy atom. The summed E-state index contributed by atoms with van der Waals surface area (Å²) in [6.45, 7) is 6.60. The molecule has 1 heteroatoms. The summed E-state index contributed by atoms with van der Waals surface area (Å²) < 4.78 is 0. The van der Waals surface area contributed by atoms with Gasteiger partial charge in [0.25, 0.3) is 0 Å². The SMILES string of the molecule is CC#CCC1CCNCC1CC.[HH]. The Morgan fingerprint density at radius 1 is 1.50 bits per heavy atom. The molecule has 0 saturated carbocycles. The molecule has 1 aliphatic rings. The Balaban J connectivity index is 0.00000144. The highest BCUT2D eigenvalue weighted by atomic mass is 14.9. The molecule has 0 spiro atoms. The maximum absolute atomic E-state index is 3.44. The van der Waals surface area contributed by atoms with E-state index in [1.54, 1.807) is 0 Å². The van der Waals surface area contributed by atoms with Gasteiger partial charge in [0.15, 0.2) is 0 Å². The van der Waals surface area contributed by atoms with Gasteiger partial charge in [-0.25, -0.2) is 0 Å². The normalized spacial score (nSPS) is 29.2. The van der Waals surface area contributed by atoms with Crippen LogP contribution in [0.25, 0.3) is 0 Å². The first kappa shape index (κ1) is 9.61. The first-order chi connectivity index (χ1) is 5.88. The highest BCUT2D eigenvalue weighted by molar-refractivity contribution is 4.98. The zero-order valence-electron chi connectivity index (χ0n) is 8.19. The third kappa shape index (κ3) is 2.53. The predicted octanol–water partition coefficient (Wildman–Crippen LogP) is 2.28.